The van der Waals surface area contributed by atoms with E-state index in [1.165, 1.54) is 18.4 Å². The van der Waals surface area contributed by atoms with Crippen LogP contribution in [-0.4, -0.2) is 19.0 Å². The second kappa shape index (κ2) is 6.31. The Labute approximate surface area is 120 Å². The molecule has 0 saturated carbocycles. The fourth-order valence-corrected chi connectivity index (χ4v) is 2.34. The second-order valence-electron chi connectivity index (χ2n) is 4.05. The molecule has 6 heteroatoms. The molecular formula is C14H14N2O3S. The van der Waals surface area contributed by atoms with Gasteiger partial charge in [0.1, 0.15) is 0 Å². The number of carbonyl (C=O) groups excluding carboxylic acids is 2. The van der Waals surface area contributed by atoms with Gasteiger partial charge in [0.15, 0.2) is 0 Å². The molecule has 0 aliphatic heterocycles. The summed E-state index contributed by atoms with van der Waals surface area (Å²) < 4.78 is 4.68. The highest BCUT2D eigenvalue weighted by Crippen LogP contribution is 2.18. The van der Waals surface area contributed by atoms with Crippen LogP contribution in [0, 0.1) is 0 Å². The number of anilines is 1. The van der Waals surface area contributed by atoms with Crippen LogP contribution in [0.4, 0.5) is 5.69 Å². The number of hydrogen-bond donors (Lipinski definition) is 2. The zero-order valence-electron chi connectivity index (χ0n) is 10.9. The summed E-state index contributed by atoms with van der Waals surface area (Å²) in [5.74, 6) is -0.683. The van der Waals surface area contributed by atoms with Gasteiger partial charge in [-0.2, -0.15) is 0 Å². The van der Waals surface area contributed by atoms with Crippen LogP contribution in [0.1, 0.15) is 25.6 Å². The number of thiophene rings is 1. The fourth-order valence-electron chi connectivity index (χ4n) is 1.72. The summed E-state index contributed by atoms with van der Waals surface area (Å²) in [5, 5.41) is 4.57. The number of rotatable bonds is 4. The lowest BCUT2D eigenvalue weighted by molar-refractivity contribution is 0.0600. The minimum absolute atomic E-state index is 0.218. The largest absolute Gasteiger partial charge is 0.465 e. The van der Waals surface area contributed by atoms with Crippen LogP contribution in [0.25, 0.3) is 0 Å². The molecule has 0 bridgehead atoms. The van der Waals surface area contributed by atoms with Gasteiger partial charge >= 0.3 is 5.97 Å². The maximum absolute atomic E-state index is 12.0. The number of nitrogens with two attached hydrogens (primary N) is 1. The first-order valence-corrected chi connectivity index (χ1v) is 6.79. The molecule has 2 aromatic rings. The van der Waals surface area contributed by atoms with Gasteiger partial charge in [-0.05, 0) is 35.2 Å². The Morgan fingerprint density at radius 1 is 1.35 bits per heavy atom. The van der Waals surface area contributed by atoms with Crippen molar-refractivity contribution in [1.82, 2.24) is 0 Å². The number of methoxy groups -OCH3 is 1. The van der Waals surface area contributed by atoms with E-state index < -0.39 is 5.97 Å². The fraction of sp³-hybridized carbons (Fsp3) is 0.143. The van der Waals surface area contributed by atoms with Crippen LogP contribution in [0.5, 0.6) is 0 Å². The summed E-state index contributed by atoms with van der Waals surface area (Å²) in [6.45, 7) is 0.271. The van der Waals surface area contributed by atoms with Crippen LogP contribution in [0.2, 0.25) is 0 Å². The summed E-state index contributed by atoms with van der Waals surface area (Å²) in [7, 11) is 1.31. The monoisotopic (exact) mass is 290 g/mol. The van der Waals surface area contributed by atoms with E-state index >= 15 is 0 Å². The smallest absolute Gasteiger partial charge is 0.337 e. The molecule has 1 aromatic heterocycles. The SMILES string of the molecule is COC(=O)c1cc(CN)cc(NC(=O)c2cccs2)c1. The highest BCUT2D eigenvalue weighted by molar-refractivity contribution is 7.12. The van der Waals surface area contributed by atoms with E-state index in [2.05, 4.69) is 10.1 Å². The third-order valence-corrected chi connectivity index (χ3v) is 3.52. The number of nitrogens with one attached hydrogen (secondary N) is 1. The van der Waals surface area contributed by atoms with Gasteiger partial charge in [-0.15, -0.1) is 11.3 Å². The number of carbonyl (C=O) groups is 2. The van der Waals surface area contributed by atoms with E-state index in [0.29, 0.717) is 16.1 Å². The van der Waals surface area contributed by atoms with Gasteiger partial charge in [0.2, 0.25) is 0 Å². The molecule has 2 rings (SSSR count). The first kappa shape index (κ1) is 14.2. The molecule has 0 aliphatic rings. The number of ether oxygens (including phenoxy) is 1. The second-order valence-corrected chi connectivity index (χ2v) is 4.99. The van der Waals surface area contributed by atoms with Crippen molar-refractivity contribution in [3.8, 4) is 0 Å². The minimum atomic E-state index is -0.466. The van der Waals surface area contributed by atoms with Gasteiger partial charge in [-0.3, -0.25) is 4.79 Å². The number of benzene rings is 1. The van der Waals surface area contributed by atoms with Crippen molar-refractivity contribution in [1.29, 1.82) is 0 Å². The summed E-state index contributed by atoms with van der Waals surface area (Å²) in [4.78, 5) is 24.2. The van der Waals surface area contributed by atoms with E-state index in [1.807, 2.05) is 5.38 Å². The Balaban J connectivity index is 2.27. The summed E-state index contributed by atoms with van der Waals surface area (Å²) in [6.07, 6.45) is 0. The van der Waals surface area contributed by atoms with Crippen LogP contribution < -0.4 is 11.1 Å². The minimum Gasteiger partial charge on any atom is -0.465 e. The molecule has 0 saturated heterocycles. The highest BCUT2D eigenvalue weighted by atomic mass is 32.1. The molecule has 104 valence electrons. The molecule has 0 radical (unpaired) electrons. The number of esters is 1. The Hall–Kier alpha value is -2.18. The zero-order chi connectivity index (χ0) is 14.5. The molecule has 1 aromatic carbocycles. The predicted molar refractivity (Wildman–Crippen MR) is 77.9 cm³/mol. The Bertz CT molecular complexity index is 623. The predicted octanol–water partition coefficient (Wildman–Crippen LogP) is 2.25. The first-order chi connectivity index (χ1) is 9.63. The van der Waals surface area contributed by atoms with E-state index in [9.17, 15) is 9.59 Å². The molecule has 0 unspecified atom stereocenters. The van der Waals surface area contributed by atoms with Gasteiger partial charge in [0, 0.05) is 12.2 Å². The maximum atomic E-state index is 12.0. The lowest BCUT2D eigenvalue weighted by Gasteiger charge is -2.08. The van der Waals surface area contributed by atoms with E-state index in [-0.39, 0.29) is 12.5 Å². The number of hydrogen-bond acceptors (Lipinski definition) is 5. The zero-order valence-corrected chi connectivity index (χ0v) is 11.7. The standard InChI is InChI=1S/C14H14N2O3S/c1-19-14(18)10-5-9(8-15)6-11(7-10)16-13(17)12-3-2-4-20-12/h2-7H,8,15H2,1H3,(H,16,17). The Kier molecular flexibility index (Phi) is 4.49. The van der Waals surface area contributed by atoms with Crippen LogP contribution in [0.15, 0.2) is 35.7 Å². The summed E-state index contributed by atoms with van der Waals surface area (Å²) in [5.41, 5.74) is 7.22. The van der Waals surface area contributed by atoms with Gasteiger partial charge < -0.3 is 15.8 Å². The van der Waals surface area contributed by atoms with E-state index in [0.717, 1.165) is 5.56 Å². The molecule has 3 N–H and O–H groups in total. The van der Waals surface area contributed by atoms with Crippen molar-refractivity contribution < 1.29 is 14.3 Å². The van der Waals surface area contributed by atoms with Gasteiger partial charge in [-0.1, -0.05) is 6.07 Å². The number of amides is 1. The molecule has 0 aliphatic carbocycles. The molecule has 1 amide bonds. The van der Waals surface area contributed by atoms with Gasteiger partial charge in [0.05, 0.1) is 17.6 Å². The Morgan fingerprint density at radius 2 is 2.15 bits per heavy atom. The topological polar surface area (TPSA) is 81.4 Å². The molecular weight excluding hydrogens is 276 g/mol. The van der Waals surface area contributed by atoms with Gasteiger partial charge in [0.25, 0.3) is 5.91 Å². The summed E-state index contributed by atoms with van der Waals surface area (Å²) >= 11 is 1.35. The molecule has 5 nitrogen and oxygen atoms in total. The van der Waals surface area contributed by atoms with Crippen molar-refractivity contribution in [2.45, 2.75) is 6.54 Å². The highest BCUT2D eigenvalue weighted by Gasteiger charge is 2.11. The quantitative estimate of drug-likeness (QED) is 0.846. The van der Waals surface area contributed by atoms with Crippen molar-refractivity contribution in [3.63, 3.8) is 0 Å². The lowest BCUT2D eigenvalue weighted by atomic mass is 10.1. The average molecular weight is 290 g/mol. The normalized spacial score (nSPS) is 10.1. The first-order valence-electron chi connectivity index (χ1n) is 5.91. The van der Waals surface area contributed by atoms with Crippen LogP contribution in [-0.2, 0) is 11.3 Å². The molecule has 20 heavy (non-hydrogen) atoms. The maximum Gasteiger partial charge on any atom is 0.337 e. The van der Waals surface area contributed by atoms with E-state index in [4.69, 9.17) is 5.73 Å². The van der Waals surface area contributed by atoms with Gasteiger partial charge in [-0.25, -0.2) is 4.79 Å². The third-order valence-electron chi connectivity index (χ3n) is 2.65. The van der Waals surface area contributed by atoms with Crippen molar-refractivity contribution in [2.24, 2.45) is 5.73 Å². The van der Waals surface area contributed by atoms with Crippen molar-refractivity contribution >= 4 is 28.9 Å². The molecule has 0 atom stereocenters. The molecule has 1 heterocycles. The van der Waals surface area contributed by atoms with E-state index in [1.54, 1.807) is 30.3 Å². The Morgan fingerprint density at radius 3 is 2.75 bits per heavy atom. The lowest BCUT2D eigenvalue weighted by Crippen LogP contribution is -2.12. The molecule has 0 fully saturated rings. The van der Waals surface area contributed by atoms with Crippen molar-refractivity contribution in [3.05, 3.63) is 51.7 Å². The summed E-state index contributed by atoms with van der Waals surface area (Å²) in [6, 6.07) is 8.48. The average Bonchev–Trinajstić information content (AvgIpc) is 3.00. The van der Waals surface area contributed by atoms with Crippen LogP contribution in [0.3, 0.4) is 0 Å². The van der Waals surface area contributed by atoms with Crippen molar-refractivity contribution in [2.75, 3.05) is 12.4 Å². The third kappa shape index (κ3) is 3.23. The van der Waals surface area contributed by atoms with Crippen LogP contribution >= 0.6 is 11.3 Å². The molecule has 0 spiro atoms.